The van der Waals surface area contributed by atoms with Crippen LogP contribution in [0.1, 0.15) is 78.4 Å². The minimum atomic E-state index is -1.83. The molecule has 0 saturated heterocycles. The average Bonchev–Trinajstić information content (AvgIpc) is 2.89. The molecule has 0 saturated carbocycles. The Morgan fingerprint density at radius 1 is 1.05 bits per heavy atom. The fraction of sp³-hybridized carbons (Fsp3) is 0.655. The molecule has 5 N–H and O–H groups in total. The summed E-state index contributed by atoms with van der Waals surface area (Å²) in [6.07, 6.45) is -0.458. The number of aliphatic imine (C=N–C) groups is 1. The number of fused-ring (bicyclic) bond motifs is 1. The van der Waals surface area contributed by atoms with E-state index >= 15 is 0 Å². The van der Waals surface area contributed by atoms with Crippen molar-refractivity contribution in [2.24, 2.45) is 4.99 Å². The zero-order valence-electron chi connectivity index (χ0n) is 25.6. The van der Waals surface area contributed by atoms with Crippen LogP contribution < -0.4 is 26.2 Å². The highest BCUT2D eigenvalue weighted by Gasteiger charge is 2.47. The van der Waals surface area contributed by atoms with E-state index in [-0.39, 0.29) is 5.92 Å². The van der Waals surface area contributed by atoms with Gasteiger partial charge in [0.1, 0.15) is 23.1 Å². The molecule has 0 spiro atoms. The van der Waals surface area contributed by atoms with E-state index in [2.05, 4.69) is 32.5 Å². The highest BCUT2D eigenvalue weighted by molar-refractivity contribution is 5.80. The van der Waals surface area contributed by atoms with Crippen LogP contribution in [-0.4, -0.2) is 78.3 Å². The van der Waals surface area contributed by atoms with Gasteiger partial charge in [0.05, 0.1) is 6.54 Å². The third kappa shape index (κ3) is 9.68. The van der Waals surface area contributed by atoms with E-state index in [1.165, 1.54) is 6.92 Å². The van der Waals surface area contributed by atoms with Crippen LogP contribution in [0.2, 0.25) is 0 Å². The van der Waals surface area contributed by atoms with E-state index in [1.54, 1.807) is 20.8 Å². The smallest absolute Gasteiger partial charge is 0.431 e. The van der Waals surface area contributed by atoms with Gasteiger partial charge in [-0.3, -0.25) is 4.99 Å². The lowest BCUT2D eigenvalue weighted by Crippen LogP contribution is -2.56. The largest absolute Gasteiger partial charge is 0.486 e. The number of carbonyl (C=O) groups is 3. The number of benzene rings is 1. The van der Waals surface area contributed by atoms with Crippen molar-refractivity contribution >= 4 is 24.1 Å². The van der Waals surface area contributed by atoms with Crippen LogP contribution in [0.3, 0.4) is 0 Å². The van der Waals surface area contributed by atoms with Gasteiger partial charge in [-0.25, -0.2) is 19.2 Å². The Morgan fingerprint density at radius 2 is 1.74 bits per heavy atom. The highest BCUT2D eigenvalue weighted by atomic mass is 16.7. The molecular formula is C29H45N5O8. The van der Waals surface area contributed by atoms with Crippen LogP contribution in [0.4, 0.5) is 9.59 Å². The Morgan fingerprint density at radius 3 is 2.36 bits per heavy atom. The lowest BCUT2D eigenvalue weighted by molar-refractivity contribution is -0.190. The molecule has 234 valence electrons. The molecule has 0 radical (unpaired) electrons. The quantitative estimate of drug-likeness (QED) is 0.212. The molecule has 2 unspecified atom stereocenters. The van der Waals surface area contributed by atoms with Gasteiger partial charge in [-0.15, -0.1) is 0 Å². The second-order valence-electron chi connectivity index (χ2n) is 12.6. The number of rotatable bonds is 9. The summed E-state index contributed by atoms with van der Waals surface area (Å²) >= 11 is 0. The summed E-state index contributed by atoms with van der Waals surface area (Å²) in [4.78, 5) is 45.9. The van der Waals surface area contributed by atoms with Gasteiger partial charge in [-0.05, 0) is 84.9 Å². The van der Waals surface area contributed by atoms with Crippen molar-refractivity contribution in [1.29, 1.82) is 0 Å². The van der Waals surface area contributed by atoms with Crippen molar-refractivity contribution in [2.75, 3.05) is 26.2 Å². The van der Waals surface area contributed by atoms with Crippen molar-refractivity contribution < 1.29 is 38.5 Å². The Kier molecular flexibility index (Phi) is 10.5. The van der Waals surface area contributed by atoms with E-state index in [4.69, 9.17) is 19.0 Å². The number of carbonyl (C=O) groups excluding carboxylic acids is 2. The molecule has 0 aromatic heterocycles. The van der Waals surface area contributed by atoms with E-state index in [0.29, 0.717) is 44.8 Å². The summed E-state index contributed by atoms with van der Waals surface area (Å²) in [7, 11) is 0. The molecule has 0 bridgehead atoms. The first kappa shape index (κ1) is 32.8. The first-order chi connectivity index (χ1) is 19.6. The molecule has 3 rings (SSSR count). The second kappa shape index (κ2) is 13.5. The van der Waals surface area contributed by atoms with Crippen molar-refractivity contribution in [2.45, 2.75) is 96.6 Å². The number of nitrogens with one attached hydrogen (secondary N) is 4. The summed E-state index contributed by atoms with van der Waals surface area (Å²) in [5.74, 6) is 0.204. The van der Waals surface area contributed by atoms with Crippen LogP contribution in [-0.2, 0) is 25.5 Å². The molecule has 0 fully saturated rings. The Bertz CT molecular complexity index is 1160. The number of carboxylic acids is 1. The Labute approximate surface area is 247 Å². The molecule has 2 aliphatic rings. The maximum absolute atomic E-state index is 12.1. The summed E-state index contributed by atoms with van der Waals surface area (Å²) in [6.45, 7) is 14.4. The van der Waals surface area contributed by atoms with Gasteiger partial charge >= 0.3 is 18.2 Å². The fourth-order valence-electron chi connectivity index (χ4n) is 4.43. The Balaban J connectivity index is 1.50. The highest BCUT2D eigenvalue weighted by Crippen LogP contribution is 2.35. The third-order valence-electron chi connectivity index (χ3n) is 6.59. The van der Waals surface area contributed by atoms with Gasteiger partial charge < -0.3 is 35.3 Å². The zero-order chi connectivity index (χ0) is 31.1. The van der Waals surface area contributed by atoms with E-state index in [1.807, 2.05) is 32.9 Å². The maximum atomic E-state index is 12.1. The van der Waals surface area contributed by atoms with Gasteiger partial charge in [-0.2, -0.15) is 5.48 Å². The lowest BCUT2D eigenvalue weighted by Gasteiger charge is -2.36. The number of hydrogen-bond donors (Lipinski definition) is 5. The van der Waals surface area contributed by atoms with Gasteiger partial charge in [0, 0.05) is 25.6 Å². The number of aryl methyl sites for hydroxylation is 1. The SMILES string of the molecule is CC(C)(C)OC(=O)NCCCNC1=NCC(c2ccc3c(c2)CC[C@H](C(C)(ONC(=O)OC(C)(C)C)C(=O)O)O3)CN1. The minimum Gasteiger partial charge on any atom is -0.486 e. The summed E-state index contributed by atoms with van der Waals surface area (Å²) in [5.41, 5.74) is 1.07. The monoisotopic (exact) mass is 591 g/mol. The first-order valence-electron chi connectivity index (χ1n) is 14.2. The standard InChI is InChI=1S/C29H45N5O8/c1-27(2,3)40-25(37)31-14-8-13-30-24-32-16-20(17-33-24)18-9-11-21-19(15-18)10-12-22(39-21)29(7,23(35)36)42-34-26(38)41-28(4,5)6/h9,11,15,20,22H,8,10,12-14,16-17H2,1-7H3,(H,31,37)(H,34,38)(H,35,36)(H2,30,32,33)/t22-,29?/m1/s1. The molecule has 2 heterocycles. The van der Waals surface area contributed by atoms with Crippen LogP contribution in [0.15, 0.2) is 23.2 Å². The summed E-state index contributed by atoms with van der Waals surface area (Å²) < 4.78 is 16.4. The number of guanidine groups is 1. The molecule has 2 aliphatic heterocycles. The number of nitrogens with zero attached hydrogens (tertiary/aromatic N) is 1. The fourth-order valence-corrected chi connectivity index (χ4v) is 4.43. The number of amides is 2. The van der Waals surface area contributed by atoms with E-state index in [9.17, 15) is 19.5 Å². The molecule has 0 aliphatic carbocycles. The number of alkyl carbamates (subject to hydrolysis) is 1. The second-order valence-corrected chi connectivity index (χ2v) is 12.6. The summed E-state index contributed by atoms with van der Waals surface area (Å²) in [5, 5.41) is 19.2. The number of carboxylic acid groups (broad SMARTS) is 1. The lowest BCUT2D eigenvalue weighted by atomic mass is 9.88. The number of ether oxygens (including phenoxy) is 3. The minimum absolute atomic E-state index is 0.165. The third-order valence-corrected chi connectivity index (χ3v) is 6.59. The van der Waals surface area contributed by atoms with Gasteiger partial charge in [0.25, 0.3) is 0 Å². The molecule has 2 amide bonds. The Hall–Kier alpha value is -3.74. The molecular weight excluding hydrogens is 546 g/mol. The topological polar surface area (TPSA) is 169 Å². The summed E-state index contributed by atoms with van der Waals surface area (Å²) in [6, 6.07) is 5.88. The number of hydrogen-bond acceptors (Lipinski definition) is 10. The van der Waals surface area contributed by atoms with Crippen molar-refractivity contribution in [1.82, 2.24) is 21.4 Å². The number of hydroxylamine groups is 1. The molecule has 1 aromatic rings. The van der Waals surface area contributed by atoms with Gasteiger partial charge in [-0.1, -0.05) is 12.1 Å². The number of aliphatic carboxylic acids is 1. The van der Waals surface area contributed by atoms with Crippen molar-refractivity contribution in [3.63, 3.8) is 0 Å². The zero-order valence-corrected chi connectivity index (χ0v) is 25.6. The molecule has 3 atom stereocenters. The predicted molar refractivity (Wildman–Crippen MR) is 156 cm³/mol. The molecule has 13 heteroatoms. The molecule has 42 heavy (non-hydrogen) atoms. The van der Waals surface area contributed by atoms with Crippen LogP contribution in [0, 0.1) is 0 Å². The van der Waals surface area contributed by atoms with Crippen LogP contribution in [0.25, 0.3) is 0 Å². The average molecular weight is 592 g/mol. The van der Waals surface area contributed by atoms with Crippen LogP contribution >= 0.6 is 0 Å². The predicted octanol–water partition coefficient (Wildman–Crippen LogP) is 3.23. The van der Waals surface area contributed by atoms with Gasteiger partial charge in [0.15, 0.2) is 5.96 Å². The van der Waals surface area contributed by atoms with Gasteiger partial charge in [0.2, 0.25) is 5.60 Å². The van der Waals surface area contributed by atoms with Crippen LogP contribution in [0.5, 0.6) is 5.75 Å². The molecule has 13 nitrogen and oxygen atoms in total. The normalized spacial score (nSPS) is 19.9. The maximum Gasteiger partial charge on any atom is 0.431 e. The van der Waals surface area contributed by atoms with E-state index < -0.39 is 41.1 Å². The van der Waals surface area contributed by atoms with E-state index in [0.717, 1.165) is 23.5 Å². The van der Waals surface area contributed by atoms with Crippen molar-refractivity contribution in [3.05, 3.63) is 29.3 Å². The van der Waals surface area contributed by atoms with Crippen molar-refractivity contribution in [3.8, 4) is 5.75 Å². The first-order valence-corrected chi connectivity index (χ1v) is 14.2. The molecule has 1 aromatic carbocycles.